The molecule has 0 spiro atoms. The summed E-state index contributed by atoms with van der Waals surface area (Å²) in [5, 5.41) is 9.67. The van der Waals surface area contributed by atoms with Crippen molar-refractivity contribution in [3.8, 4) is 0 Å². The highest BCUT2D eigenvalue weighted by Gasteiger charge is 2.26. The smallest absolute Gasteiger partial charge is 0.178 e. The quantitative estimate of drug-likeness (QED) is 0.797. The fourth-order valence-electron chi connectivity index (χ4n) is 2.18. The number of carbonyl (C=O) groups is 1. The Bertz CT molecular complexity index is 449. The van der Waals surface area contributed by atoms with Crippen molar-refractivity contribution in [2.75, 3.05) is 19.6 Å². The van der Waals surface area contributed by atoms with Crippen LogP contribution in [0.5, 0.6) is 0 Å². The zero-order chi connectivity index (χ0) is 13.3. The van der Waals surface area contributed by atoms with Gasteiger partial charge in [-0.05, 0) is 50.3 Å². The molecule has 0 bridgehead atoms. The van der Waals surface area contributed by atoms with Gasteiger partial charge >= 0.3 is 0 Å². The normalized spacial score (nSPS) is 25.3. The first-order valence-corrected chi connectivity index (χ1v) is 8.26. The fourth-order valence-corrected chi connectivity index (χ4v) is 5.04. The predicted octanol–water partition coefficient (Wildman–Crippen LogP) is 3.16. The van der Waals surface area contributed by atoms with Gasteiger partial charge in [-0.25, -0.2) is 0 Å². The predicted molar refractivity (Wildman–Crippen MR) is 80.3 cm³/mol. The van der Waals surface area contributed by atoms with Crippen molar-refractivity contribution in [3.05, 3.63) is 19.2 Å². The number of Topliss-reactive ketones (excluding diaryl/α,β-unsaturated/α-hetero) is 1. The molecule has 2 atom stereocenters. The topological polar surface area (TPSA) is 40.5 Å². The SMILES string of the molecule is CC1CN(CC(=O)c2cc(Br)sc2Br)CCC1O. The van der Waals surface area contributed by atoms with E-state index in [4.69, 9.17) is 0 Å². The van der Waals surface area contributed by atoms with Gasteiger partial charge in [0, 0.05) is 18.7 Å². The number of carbonyl (C=O) groups excluding carboxylic acids is 1. The number of nitrogens with zero attached hydrogens (tertiary/aromatic N) is 1. The molecule has 6 heteroatoms. The number of ketones is 1. The summed E-state index contributed by atoms with van der Waals surface area (Å²) >= 11 is 8.31. The highest BCUT2D eigenvalue weighted by Crippen LogP contribution is 2.32. The summed E-state index contributed by atoms with van der Waals surface area (Å²) in [4.78, 5) is 14.3. The molecule has 3 nitrogen and oxygen atoms in total. The van der Waals surface area contributed by atoms with Crippen molar-refractivity contribution in [1.29, 1.82) is 0 Å². The van der Waals surface area contributed by atoms with Gasteiger partial charge in [-0.2, -0.15) is 0 Å². The largest absolute Gasteiger partial charge is 0.393 e. The van der Waals surface area contributed by atoms with Crippen LogP contribution in [-0.4, -0.2) is 41.5 Å². The van der Waals surface area contributed by atoms with Crippen LogP contribution < -0.4 is 0 Å². The lowest BCUT2D eigenvalue weighted by atomic mass is 9.96. The van der Waals surface area contributed by atoms with Crippen LogP contribution in [0.15, 0.2) is 13.6 Å². The van der Waals surface area contributed by atoms with Gasteiger partial charge in [0.05, 0.1) is 20.2 Å². The number of aliphatic hydroxyl groups excluding tert-OH is 1. The summed E-state index contributed by atoms with van der Waals surface area (Å²) < 4.78 is 1.84. The van der Waals surface area contributed by atoms with E-state index < -0.39 is 0 Å². The molecular weight excluding hydrogens is 382 g/mol. The van der Waals surface area contributed by atoms with E-state index in [0.29, 0.717) is 6.54 Å². The zero-order valence-corrected chi connectivity index (χ0v) is 14.0. The highest BCUT2D eigenvalue weighted by atomic mass is 79.9. The Morgan fingerprint density at radius 1 is 1.61 bits per heavy atom. The van der Waals surface area contributed by atoms with Gasteiger partial charge in [0.1, 0.15) is 0 Å². The fraction of sp³-hybridized carbons (Fsp3) is 0.583. The molecule has 0 saturated carbocycles. The van der Waals surface area contributed by atoms with Crippen LogP contribution in [0.2, 0.25) is 0 Å². The van der Waals surface area contributed by atoms with E-state index in [1.807, 2.05) is 13.0 Å². The number of hydrogen-bond acceptors (Lipinski definition) is 4. The monoisotopic (exact) mass is 395 g/mol. The van der Waals surface area contributed by atoms with Crippen molar-refractivity contribution in [2.45, 2.75) is 19.4 Å². The number of halogens is 2. The first-order valence-electron chi connectivity index (χ1n) is 5.86. The number of aliphatic hydroxyl groups is 1. The van der Waals surface area contributed by atoms with E-state index in [-0.39, 0.29) is 17.8 Å². The lowest BCUT2D eigenvalue weighted by Gasteiger charge is -2.33. The molecular formula is C12H15Br2NO2S. The second-order valence-electron chi connectivity index (χ2n) is 4.73. The third kappa shape index (κ3) is 3.42. The molecule has 2 unspecified atom stereocenters. The molecule has 100 valence electrons. The summed E-state index contributed by atoms with van der Waals surface area (Å²) in [7, 11) is 0. The number of likely N-dealkylation sites (tertiary alicyclic amines) is 1. The molecule has 1 saturated heterocycles. The van der Waals surface area contributed by atoms with Crippen LogP contribution in [0.3, 0.4) is 0 Å². The molecule has 2 rings (SSSR count). The van der Waals surface area contributed by atoms with E-state index in [0.717, 1.165) is 32.6 Å². The Balaban J connectivity index is 1.98. The third-order valence-electron chi connectivity index (χ3n) is 3.27. The van der Waals surface area contributed by atoms with Crippen LogP contribution in [0, 0.1) is 5.92 Å². The van der Waals surface area contributed by atoms with Gasteiger partial charge in [-0.15, -0.1) is 11.3 Å². The number of thiophene rings is 1. The average molecular weight is 397 g/mol. The second kappa shape index (κ2) is 6.13. The van der Waals surface area contributed by atoms with E-state index in [1.54, 1.807) is 0 Å². The highest BCUT2D eigenvalue weighted by molar-refractivity contribution is 9.12. The van der Waals surface area contributed by atoms with Crippen LogP contribution in [0.4, 0.5) is 0 Å². The summed E-state index contributed by atoms with van der Waals surface area (Å²) in [5.74, 6) is 0.372. The van der Waals surface area contributed by atoms with Gasteiger partial charge in [0.25, 0.3) is 0 Å². The van der Waals surface area contributed by atoms with Crippen molar-refractivity contribution < 1.29 is 9.90 Å². The number of piperidine rings is 1. The van der Waals surface area contributed by atoms with Crippen molar-refractivity contribution >= 4 is 49.0 Å². The van der Waals surface area contributed by atoms with E-state index in [9.17, 15) is 9.90 Å². The lowest BCUT2D eigenvalue weighted by molar-refractivity contribution is 0.0344. The molecule has 1 N–H and O–H groups in total. The molecule has 0 radical (unpaired) electrons. The molecule has 0 amide bonds. The molecule has 1 aliphatic heterocycles. The van der Waals surface area contributed by atoms with Crippen molar-refractivity contribution in [1.82, 2.24) is 4.90 Å². The van der Waals surface area contributed by atoms with Gasteiger partial charge < -0.3 is 5.11 Å². The molecule has 1 aromatic rings. The first-order chi connectivity index (χ1) is 8.47. The van der Waals surface area contributed by atoms with Crippen LogP contribution in [0.25, 0.3) is 0 Å². The molecule has 1 fully saturated rings. The maximum atomic E-state index is 12.2. The Labute approximate surface area is 127 Å². The Morgan fingerprint density at radius 3 is 2.89 bits per heavy atom. The summed E-state index contributed by atoms with van der Waals surface area (Å²) in [6, 6.07) is 1.86. The minimum Gasteiger partial charge on any atom is -0.393 e. The molecule has 18 heavy (non-hydrogen) atoms. The Hall–Kier alpha value is 0.250. The van der Waals surface area contributed by atoms with Crippen LogP contribution in [0.1, 0.15) is 23.7 Å². The van der Waals surface area contributed by atoms with Crippen molar-refractivity contribution in [3.63, 3.8) is 0 Å². The van der Waals surface area contributed by atoms with E-state index in [2.05, 4.69) is 36.8 Å². The van der Waals surface area contributed by atoms with Crippen molar-refractivity contribution in [2.24, 2.45) is 5.92 Å². The van der Waals surface area contributed by atoms with E-state index in [1.165, 1.54) is 11.3 Å². The maximum absolute atomic E-state index is 12.2. The molecule has 1 aliphatic rings. The standard InChI is InChI=1S/C12H15Br2NO2S/c1-7-5-15(3-2-9(7)16)6-10(17)8-4-11(13)18-12(8)14/h4,7,9,16H,2-3,5-6H2,1H3. The zero-order valence-electron chi connectivity index (χ0n) is 10.0. The third-order valence-corrected chi connectivity index (χ3v) is 5.61. The first kappa shape index (κ1) is 14.7. The molecule has 0 aliphatic carbocycles. The minimum absolute atomic E-state index is 0.132. The number of hydrogen-bond donors (Lipinski definition) is 1. The summed E-state index contributed by atoms with van der Waals surface area (Å²) in [6.45, 7) is 4.03. The van der Waals surface area contributed by atoms with Gasteiger partial charge in [0.15, 0.2) is 5.78 Å². The summed E-state index contributed by atoms with van der Waals surface area (Å²) in [6.07, 6.45) is 0.529. The molecule has 2 heterocycles. The Morgan fingerprint density at radius 2 is 2.33 bits per heavy atom. The van der Waals surface area contributed by atoms with Crippen LogP contribution in [-0.2, 0) is 0 Å². The lowest BCUT2D eigenvalue weighted by Crippen LogP contribution is -2.44. The minimum atomic E-state index is -0.224. The Kier molecular flexibility index (Phi) is 4.99. The maximum Gasteiger partial charge on any atom is 0.178 e. The van der Waals surface area contributed by atoms with E-state index >= 15 is 0 Å². The molecule has 1 aromatic heterocycles. The molecule has 0 aromatic carbocycles. The van der Waals surface area contributed by atoms with Gasteiger partial charge in [-0.1, -0.05) is 6.92 Å². The second-order valence-corrected chi connectivity index (χ2v) is 8.48. The van der Waals surface area contributed by atoms with Gasteiger partial charge in [-0.3, -0.25) is 9.69 Å². The summed E-state index contributed by atoms with van der Waals surface area (Å²) in [5.41, 5.74) is 0.741. The average Bonchev–Trinajstić information content (AvgIpc) is 2.63. The number of rotatable bonds is 3. The van der Waals surface area contributed by atoms with Crippen LogP contribution >= 0.6 is 43.2 Å². The van der Waals surface area contributed by atoms with Gasteiger partial charge in [0.2, 0.25) is 0 Å².